The second-order valence-corrected chi connectivity index (χ2v) is 2.06. The zero-order valence-corrected chi connectivity index (χ0v) is 9.91. The van der Waals surface area contributed by atoms with Crippen LogP contribution in [0.4, 0.5) is 0 Å². The topological polar surface area (TPSA) is 53.3 Å². The fourth-order valence-corrected chi connectivity index (χ4v) is 0.730. The van der Waals surface area contributed by atoms with Gasteiger partial charge in [-0.1, -0.05) is 0 Å². The molecule has 0 unspecified atom stereocenters. The van der Waals surface area contributed by atoms with Crippen LogP contribution in [0.1, 0.15) is 23.0 Å². The van der Waals surface area contributed by atoms with Gasteiger partial charge < -0.3 is 14.9 Å². The Morgan fingerprint density at radius 1 is 1.75 bits per heavy atom. The fraction of sp³-hybridized carbons (Fsp3) is 0.429. The van der Waals surface area contributed by atoms with Gasteiger partial charge in [-0.2, -0.15) is 0 Å². The number of rotatable bonds is 2. The van der Waals surface area contributed by atoms with Gasteiger partial charge in [-0.15, -0.1) is 6.20 Å². The predicted molar refractivity (Wildman–Crippen MR) is 38.3 cm³/mol. The van der Waals surface area contributed by atoms with Gasteiger partial charge in [0.1, 0.15) is 0 Å². The summed E-state index contributed by atoms with van der Waals surface area (Å²) in [4.78, 5) is 11.0. The first-order valence-corrected chi connectivity index (χ1v) is 3.37. The molecule has 0 saturated heterocycles. The number of aryl methyl sites for hydroxylation is 1. The maximum absolute atomic E-state index is 11.0. The molecule has 1 radical (unpaired) electrons. The summed E-state index contributed by atoms with van der Waals surface area (Å²) >= 11 is 0. The summed E-state index contributed by atoms with van der Waals surface area (Å²) in [5, 5.41) is 7.24. The molecule has 12 heavy (non-hydrogen) atoms. The third-order valence-electron chi connectivity index (χ3n) is 1.28. The van der Waals surface area contributed by atoms with Crippen molar-refractivity contribution in [3.05, 3.63) is 17.5 Å². The zero-order valence-electron chi connectivity index (χ0n) is 7.07. The fourth-order valence-electron chi connectivity index (χ4n) is 0.730. The summed E-state index contributed by atoms with van der Waals surface area (Å²) in [5.74, 6) is -0.352. The van der Waals surface area contributed by atoms with Gasteiger partial charge in [-0.3, -0.25) is 0 Å². The minimum atomic E-state index is -0.352. The number of esters is 1. The average molecular weight is 242 g/mol. The Morgan fingerprint density at radius 2 is 2.42 bits per heavy atom. The number of carbonyl (C=O) groups is 1. The molecule has 0 bridgehead atoms. The third-order valence-corrected chi connectivity index (χ3v) is 1.28. The van der Waals surface area contributed by atoms with E-state index in [4.69, 9.17) is 4.74 Å². The van der Waals surface area contributed by atoms with Crippen LogP contribution in [-0.2, 0) is 37.4 Å². The van der Waals surface area contributed by atoms with Gasteiger partial charge in [-0.25, -0.2) is 4.79 Å². The molecule has 0 aliphatic rings. The Labute approximate surface area is 95.9 Å². The predicted octanol–water partition coefficient (Wildman–Crippen LogP) is 0.521. The third kappa shape index (κ3) is 2.68. The van der Waals surface area contributed by atoms with E-state index in [1.54, 1.807) is 13.8 Å². The molecule has 0 aliphatic carbocycles. The van der Waals surface area contributed by atoms with Crippen LogP contribution in [-0.4, -0.2) is 17.7 Å². The van der Waals surface area contributed by atoms with Gasteiger partial charge in [0.15, 0.2) is 0 Å². The van der Waals surface area contributed by atoms with E-state index in [0.717, 1.165) is 0 Å². The van der Waals surface area contributed by atoms with E-state index in [1.165, 1.54) is 6.20 Å². The van der Waals surface area contributed by atoms with Crippen molar-refractivity contribution in [2.75, 3.05) is 6.61 Å². The first-order chi connectivity index (χ1) is 5.25. The van der Waals surface area contributed by atoms with E-state index >= 15 is 0 Å². The Balaban J connectivity index is 0.00000121. The Bertz CT molecular complexity index is 260. The number of hydrogen-bond acceptors (Lipinski definition) is 3. The van der Waals surface area contributed by atoms with Crippen molar-refractivity contribution in [1.82, 2.24) is 10.2 Å². The van der Waals surface area contributed by atoms with E-state index < -0.39 is 0 Å². The number of nitrogens with zero attached hydrogens (tertiary/aromatic N) is 2. The van der Waals surface area contributed by atoms with E-state index in [1.807, 2.05) is 0 Å². The molecule has 0 amide bonds. The van der Waals surface area contributed by atoms with E-state index in [-0.39, 0.29) is 38.7 Å². The molecule has 0 aliphatic heterocycles. The molecule has 1 rings (SSSR count). The molecule has 1 heterocycles. The summed E-state index contributed by atoms with van der Waals surface area (Å²) in [7, 11) is 0. The molecule has 0 saturated carbocycles. The van der Waals surface area contributed by atoms with Gasteiger partial charge in [0.2, 0.25) is 0 Å². The monoisotopic (exact) mass is 242 g/mol. The van der Waals surface area contributed by atoms with Crippen LogP contribution >= 0.6 is 0 Å². The molecule has 1 aromatic heterocycles. The molecular weight excluding hydrogens is 233 g/mol. The van der Waals surface area contributed by atoms with Crippen LogP contribution in [0.25, 0.3) is 0 Å². The van der Waals surface area contributed by atoms with E-state index in [0.29, 0.717) is 17.9 Å². The van der Waals surface area contributed by atoms with Crippen molar-refractivity contribution >= 4 is 5.97 Å². The van der Waals surface area contributed by atoms with Gasteiger partial charge in [0, 0.05) is 38.4 Å². The van der Waals surface area contributed by atoms with Crippen LogP contribution in [0.2, 0.25) is 0 Å². The summed E-state index contributed by atoms with van der Waals surface area (Å²) in [5.41, 5.74) is 1.07. The molecular formula is C7H9N2O2Y-. The van der Waals surface area contributed by atoms with Crippen LogP contribution in [0.5, 0.6) is 0 Å². The van der Waals surface area contributed by atoms with E-state index in [2.05, 4.69) is 10.2 Å². The smallest absolute Gasteiger partial charge is 0.338 e. The van der Waals surface area contributed by atoms with Crippen molar-refractivity contribution in [2.24, 2.45) is 0 Å². The summed E-state index contributed by atoms with van der Waals surface area (Å²) in [6.45, 7) is 3.86. The van der Waals surface area contributed by atoms with Crippen molar-refractivity contribution < 1.29 is 42.2 Å². The minimum Gasteiger partial charge on any atom is -0.581 e. The summed E-state index contributed by atoms with van der Waals surface area (Å²) in [6.07, 6.45) is 1.41. The van der Waals surface area contributed by atoms with Gasteiger partial charge in [-0.05, 0) is 13.8 Å². The molecule has 1 aromatic rings. The largest absolute Gasteiger partial charge is 0.581 e. The van der Waals surface area contributed by atoms with Crippen LogP contribution < -0.4 is 5.10 Å². The quantitative estimate of drug-likeness (QED) is 0.709. The second kappa shape index (κ2) is 5.43. The minimum absolute atomic E-state index is 0. The molecule has 0 atom stereocenters. The van der Waals surface area contributed by atoms with Crippen molar-refractivity contribution in [2.45, 2.75) is 13.8 Å². The molecule has 0 fully saturated rings. The number of ether oxygens (including phenoxy) is 1. The summed E-state index contributed by atoms with van der Waals surface area (Å²) in [6, 6.07) is 0. The molecule has 5 heteroatoms. The molecule has 4 nitrogen and oxygen atoms in total. The Morgan fingerprint density at radius 3 is 2.83 bits per heavy atom. The molecule has 63 valence electrons. The molecule has 0 spiro atoms. The maximum atomic E-state index is 11.0. The number of aromatic nitrogens is 2. The Hall–Kier alpha value is -0.216. The standard InChI is InChI=1S/C7H10N2O2.Y/c1-3-11-7(10)6-4-8-9-5(6)2;/h4H,3H2,1-2H3,(H,8,9,10);/p-1. The molecule has 0 N–H and O–H groups in total. The Kier molecular flexibility index (Phi) is 5.34. The first kappa shape index (κ1) is 11.8. The summed E-state index contributed by atoms with van der Waals surface area (Å²) < 4.78 is 4.75. The maximum Gasteiger partial charge on any atom is 0.338 e. The first-order valence-electron chi connectivity index (χ1n) is 3.37. The van der Waals surface area contributed by atoms with Gasteiger partial charge in [0.05, 0.1) is 12.2 Å². The normalized spacial score (nSPS) is 8.83. The SMILES string of the molecule is CCOC(=O)c1c[n-]nc1C.[Y]. The van der Waals surface area contributed by atoms with Crippen LogP contribution in [0.15, 0.2) is 6.20 Å². The number of hydrogen-bond donors (Lipinski definition) is 0. The van der Waals surface area contributed by atoms with Crippen molar-refractivity contribution in [1.29, 1.82) is 0 Å². The average Bonchev–Trinajstić information content (AvgIpc) is 2.36. The van der Waals surface area contributed by atoms with Crippen molar-refractivity contribution in [3.8, 4) is 0 Å². The number of carbonyl (C=O) groups excluding carboxylic acids is 1. The van der Waals surface area contributed by atoms with Gasteiger partial charge in [0.25, 0.3) is 0 Å². The van der Waals surface area contributed by atoms with E-state index in [9.17, 15) is 4.79 Å². The second-order valence-electron chi connectivity index (χ2n) is 2.06. The van der Waals surface area contributed by atoms with Crippen LogP contribution in [0, 0.1) is 6.92 Å². The van der Waals surface area contributed by atoms with Crippen molar-refractivity contribution in [3.63, 3.8) is 0 Å². The van der Waals surface area contributed by atoms with Crippen LogP contribution in [0.3, 0.4) is 0 Å². The zero-order chi connectivity index (χ0) is 8.27. The molecule has 0 aromatic carbocycles. The van der Waals surface area contributed by atoms with Gasteiger partial charge >= 0.3 is 5.97 Å².